The number of piperidine rings is 2. The number of nitrogens with zero attached hydrogens (tertiary/aromatic N) is 3. The highest BCUT2D eigenvalue weighted by Crippen LogP contribution is 2.39. The molecule has 0 spiro atoms. The molecule has 2 aliphatic heterocycles. The Morgan fingerprint density at radius 2 is 1.46 bits per heavy atom. The van der Waals surface area contributed by atoms with Crippen molar-refractivity contribution in [3.8, 4) is 0 Å². The summed E-state index contributed by atoms with van der Waals surface area (Å²) in [6.07, 6.45) is -8.77. The van der Waals surface area contributed by atoms with Crippen molar-refractivity contribution in [3.63, 3.8) is 0 Å². The second-order valence-electron chi connectivity index (χ2n) is 10.7. The normalized spacial score (nSPS) is 20.7. The molecule has 2 aromatic rings. The van der Waals surface area contributed by atoms with Gasteiger partial charge in [0.15, 0.2) is 0 Å². The van der Waals surface area contributed by atoms with E-state index < -0.39 is 41.0 Å². The molecule has 2 fully saturated rings. The summed E-state index contributed by atoms with van der Waals surface area (Å²) < 4.78 is 80.6. The SMILES string of the molecule is CC(=O)N1CCC(C(=O)N2CCC(N(C)C(=O)c3cc(C(F)(F)F)cc(C(F)(F)F)c3)C(c3sccc3C)C2)CC1. The van der Waals surface area contributed by atoms with Crippen molar-refractivity contribution in [3.05, 3.63) is 56.8 Å². The highest BCUT2D eigenvalue weighted by atomic mass is 32.1. The molecule has 2 atom stereocenters. The van der Waals surface area contributed by atoms with Crippen molar-refractivity contribution >= 4 is 29.1 Å². The number of carbonyl (C=O) groups excluding carboxylic acids is 3. The first-order valence-electron chi connectivity index (χ1n) is 13.2. The number of benzene rings is 1. The van der Waals surface area contributed by atoms with E-state index in [0.717, 1.165) is 10.4 Å². The predicted octanol–water partition coefficient (Wildman–Crippen LogP) is 5.81. The van der Waals surface area contributed by atoms with Gasteiger partial charge >= 0.3 is 12.4 Å². The molecule has 2 unspecified atom stereocenters. The van der Waals surface area contributed by atoms with E-state index in [1.807, 2.05) is 18.4 Å². The minimum absolute atomic E-state index is 0.000411. The first kappa shape index (κ1) is 30.9. The number of hydrogen-bond donors (Lipinski definition) is 0. The van der Waals surface area contributed by atoms with Crippen LogP contribution in [0.1, 0.15) is 64.0 Å². The first-order valence-corrected chi connectivity index (χ1v) is 14.1. The van der Waals surface area contributed by atoms with Gasteiger partial charge in [0.2, 0.25) is 11.8 Å². The molecule has 3 amide bonds. The van der Waals surface area contributed by atoms with Gasteiger partial charge < -0.3 is 14.7 Å². The number of rotatable bonds is 4. The molecule has 1 aromatic heterocycles. The van der Waals surface area contributed by atoms with Crippen LogP contribution < -0.4 is 0 Å². The van der Waals surface area contributed by atoms with E-state index in [1.165, 1.54) is 30.2 Å². The van der Waals surface area contributed by atoms with Crippen molar-refractivity contribution in [2.45, 2.75) is 57.4 Å². The fourth-order valence-corrected chi connectivity index (χ4v) is 6.84. The molecular weight excluding hydrogens is 572 g/mol. The number of aryl methyl sites for hydroxylation is 1. The van der Waals surface area contributed by atoms with Crippen molar-refractivity contribution in [1.82, 2.24) is 14.7 Å². The van der Waals surface area contributed by atoms with E-state index in [-0.39, 0.29) is 42.8 Å². The average Bonchev–Trinajstić information content (AvgIpc) is 3.35. The van der Waals surface area contributed by atoms with Crippen molar-refractivity contribution in [2.24, 2.45) is 5.92 Å². The van der Waals surface area contributed by atoms with E-state index in [0.29, 0.717) is 44.5 Å². The summed E-state index contributed by atoms with van der Waals surface area (Å²) in [6, 6.07) is 2.23. The summed E-state index contributed by atoms with van der Waals surface area (Å²) in [5.41, 5.74) is -2.88. The summed E-state index contributed by atoms with van der Waals surface area (Å²) in [6.45, 7) is 4.89. The van der Waals surface area contributed by atoms with Crippen LogP contribution in [0.4, 0.5) is 26.3 Å². The zero-order valence-corrected chi connectivity index (χ0v) is 23.6. The van der Waals surface area contributed by atoms with Gasteiger partial charge in [0, 0.05) is 68.5 Å². The van der Waals surface area contributed by atoms with Crippen molar-refractivity contribution in [1.29, 1.82) is 0 Å². The molecule has 0 saturated carbocycles. The van der Waals surface area contributed by atoms with Gasteiger partial charge in [0.1, 0.15) is 0 Å². The Kier molecular flexibility index (Phi) is 8.77. The molecule has 0 radical (unpaired) electrons. The van der Waals surface area contributed by atoms with Crippen LogP contribution in [0, 0.1) is 12.8 Å². The Hall–Kier alpha value is -3.09. The number of hydrogen-bond acceptors (Lipinski definition) is 4. The predicted molar refractivity (Wildman–Crippen MR) is 140 cm³/mol. The summed E-state index contributed by atoms with van der Waals surface area (Å²) in [4.78, 5) is 44.1. The molecule has 0 bridgehead atoms. The van der Waals surface area contributed by atoms with Gasteiger partial charge in [-0.25, -0.2) is 0 Å². The van der Waals surface area contributed by atoms with Gasteiger partial charge in [0.25, 0.3) is 5.91 Å². The topological polar surface area (TPSA) is 60.9 Å². The Morgan fingerprint density at radius 3 is 1.95 bits per heavy atom. The van der Waals surface area contributed by atoms with Crippen LogP contribution >= 0.6 is 11.3 Å². The standard InChI is InChI=1S/C28H31F6N3O3S/c1-16-7-11-41-24(16)22-15-37(26(40)18-4-8-36(9-5-18)17(2)38)10-6-23(22)35(3)25(39)19-12-20(27(29,30)31)14-21(13-19)28(32,33)34/h7,11-14,18,22-23H,4-6,8-10,15H2,1-3H3. The van der Waals surface area contributed by atoms with Gasteiger partial charge in [0.05, 0.1) is 11.1 Å². The number of likely N-dealkylation sites (N-methyl/N-ethyl adjacent to an activating group) is 1. The summed E-state index contributed by atoms with van der Waals surface area (Å²) >= 11 is 1.43. The maximum absolute atomic E-state index is 13.5. The maximum Gasteiger partial charge on any atom is 0.416 e. The second-order valence-corrected chi connectivity index (χ2v) is 11.7. The van der Waals surface area contributed by atoms with Gasteiger partial charge in [-0.1, -0.05) is 0 Å². The molecule has 3 heterocycles. The number of amides is 3. The molecule has 13 heteroatoms. The van der Waals surface area contributed by atoms with Crippen molar-refractivity contribution in [2.75, 3.05) is 33.2 Å². The van der Waals surface area contributed by atoms with Crippen LogP contribution in [-0.4, -0.2) is 71.7 Å². The van der Waals surface area contributed by atoms with E-state index >= 15 is 0 Å². The zero-order chi connectivity index (χ0) is 30.3. The second kappa shape index (κ2) is 11.7. The smallest absolute Gasteiger partial charge is 0.343 e. The number of alkyl halides is 6. The molecule has 6 nitrogen and oxygen atoms in total. The van der Waals surface area contributed by atoms with Crippen LogP contribution in [0.25, 0.3) is 0 Å². The number of likely N-dealkylation sites (tertiary alicyclic amines) is 2. The fraction of sp³-hybridized carbons (Fsp3) is 0.536. The van der Waals surface area contributed by atoms with Gasteiger partial charge in [-0.15, -0.1) is 11.3 Å². The molecule has 2 saturated heterocycles. The Bertz CT molecular complexity index is 1270. The Morgan fingerprint density at radius 1 is 0.902 bits per heavy atom. The van der Waals surface area contributed by atoms with Gasteiger partial charge in [-0.05, 0) is 61.4 Å². The minimum Gasteiger partial charge on any atom is -0.343 e. The highest BCUT2D eigenvalue weighted by molar-refractivity contribution is 7.10. The average molecular weight is 604 g/mol. The number of thiophene rings is 1. The molecule has 1 aromatic carbocycles. The zero-order valence-electron chi connectivity index (χ0n) is 22.8. The van der Waals surface area contributed by atoms with Gasteiger partial charge in [-0.2, -0.15) is 26.3 Å². The molecular formula is C28H31F6N3O3S. The number of halogens is 6. The highest BCUT2D eigenvalue weighted by Gasteiger charge is 2.42. The van der Waals surface area contributed by atoms with E-state index in [4.69, 9.17) is 0 Å². The van der Waals surface area contributed by atoms with E-state index in [1.54, 1.807) is 9.80 Å². The largest absolute Gasteiger partial charge is 0.416 e. The summed E-state index contributed by atoms with van der Waals surface area (Å²) in [7, 11) is 1.38. The molecule has 0 N–H and O–H groups in total. The van der Waals surface area contributed by atoms with Crippen LogP contribution in [0.2, 0.25) is 0 Å². The monoisotopic (exact) mass is 603 g/mol. The molecule has 0 aliphatic carbocycles. The lowest BCUT2D eigenvalue weighted by atomic mass is 9.86. The van der Waals surface area contributed by atoms with Crippen LogP contribution in [0.3, 0.4) is 0 Å². The van der Waals surface area contributed by atoms with Crippen LogP contribution in [0.15, 0.2) is 29.6 Å². The van der Waals surface area contributed by atoms with E-state index in [2.05, 4.69) is 0 Å². The summed E-state index contributed by atoms with van der Waals surface area (Å²) in [5, 5.41) is 1.87. The minimum atomic E-state index is -5.07. The van der Waals surface area contributed by atoms with Crippen LogP contribution in [0.5, 0.6) is 0 Å². The molecule has 224 valence electrons. The van der Waals surface area contributed by atoms with E-state index in [9.17, 15) is 40.7 Å². The lowest BCUT2D eigenvalue weighted by molar-refractivity contribution is -0.143. The molecule has 2 aliphatic rings. The van der Waals surface area contributed by atoms with Crippen LogP contribution in [-0.2, 0) is 21.9 Å². The fourth-order valence-electron chi connectivity index (χ4n) is 5.76. The van der Waals surface area contributed by atoms with Crippen molar-refractivity contribution < 1.29 is 40.7 Å². The Labute approximate surface area is 237 Å². The maximum atomic E-state index is 13.5. The third-order valence-electron chi connectivity index (χ3n) is 8.07. The quantitative estimate of drug-likeness (QED) is 0.415. The third kappa shape index (κ3) is 6.70. The first-order chi connectivity index (χ1) is 19.1. The molecule has 4 rings (SSSR count). The lowest BCUT2D eigenvalue weighted by Crippen LogP contribution is -2.53. The van der Waals surface area contributed by atoms with Gasteiger partial charge in [-0.3, -0.25) is 14.4 Å². The third-order valence-corrected chi connectivity index (χ3v) is 9.22. The lowest BCUT2D eigenvalue weighted by Gasteiger charge is -2.44. The summed E-state index contributed by atoms with van der Waals surface area (Å²) in [5.74, 6) is -1.68. The Balaban J connectivity index is 1.59. The molecule has 41 heavy (non-hydrogen) atoms. The number of carbonyl (C=O) groups is 3.